The van der Waals surface area contributed by atoms with Crippen molar-refractivity contribution < 1.29 is 14.6 Å². The molecule has 5 heteroatoms. The van der Waals surface area contributed by atoms with Gasteiger partial charge in [-0.25, -0.2) is 0 Å². The van der Waals surface area contributed by atoms with Gasteiger partial charge >= 0.3 is 0 Å². The summed E-state index contributed by atoms with van der Waals surface area (Å²) in [5.74, 6) is 0.944. The van der Waals surface area contributed by atoms with Crippen molar-refractivity contribution in [1.82, 2.24) is 4.90 Å². The number of hydrogen-bond acceptors (Lipinski definition) is 3. The number of carbonyl (C=O) groups is 1. The highest BCUT2D eigenvalue weighted by Gasteiger charge is 2.35. The van der Waals surface area contributed by atoms with Gasteiger partial charge in [0.15, 0.2) is 0 Å². The zero-order valence-corrected chi connectivity index (χ0v) is 12.8. The normalized spacial score (nSPS) is 25.2. The van der Waals surface area contributed by atoms with E-state index in [9.17, 15) is 9.90 Å². The maximum Gasteiger partial charge on any atom is 0.233 e. The summed E-state index contributed by atoms with van der Waals surface area (Å²) in [6.07, 6.45) is 1.97. The first kappa shape index (κ1) is 13.9. The molecule has 1 amide bonds. The van der Waals surface area contributed by atoms with E-state index in [1.54, 1.807) is 0 Å². The van der Waals surface area contributed by atoms with Crippen molar-refractivity contribution in [1.29, 1.82) is 0 Å². The molecule has 0 spiro atoms. The van der Waals surface area contributed by atoms with E-state index in [1.807, 2.05) is 23.1 Å². The second-order valence-corrected chi connectivity index (χ2v) is 6.44. The van der Waals surface area contributed by atoms with Crippen LogP contribution in [0.1, 0.15) is 24.3 Å². The summed E-state index contributed by atoms with van der Waals surface area (Å²) >= 11 is 3.44. The summed E-state index contributed by atoms with van der Waals surface area (Å²) in [7, 11) is 0. The molecule has 2 unspecified atom stereocenters. The van der Waals surface area contributed by atoms with E-state index >= 15 is 0 Å². The summed E-state index contributed by atoms with van der Waals surface area (Å²) in [5, 5.41) is 9.28. The second-order valence-electron chi connectivity index (χ2n) is 5.52. The fourth-order valence-corrected chi connectivity index (χ4v) is 3.40. The number of carbonyl (C=O) groups excluding carboxylic acids is 1. The molecular formula is C15H18BrNO3. The van der Waals surface area contributed by atoms with Gasteiger partial charge in [-0.05, 0) is 37.0 Å². The predicted octanol–water partition coefficient (Wildman–Crippen LogP) is 2.16. The largest absolute Gasteiger partial charge is 0.492 e. The Hall–Kier alpha value is -1.07. The molecule has 3 rings (SSSR count). The van der Waals surface area contributed by atoms with Crippen LogP contribution in [0.3, 0.4) is 0 Å². The molecule has 1 N–H and O–H groups in total. The zero-order chi connectivity index (χ0) is 14.1. The number of likely N-dealkylation sites (tertiary alicyclic amines) is 1. The van der Waals surface area contributed by atoms with Gasteiger partial charge in [-0.15, -0.1) is 0 Å². The third-order valence-electron chi connectivity index (χ3n) is 4.14. The van der Waals surface area contributed by atoms with Crippen LogP contribution in [0.15, 0.2) is 22.7 Å². The lowest BCUT2D eigenvalue weighted by atomic mass is 9.95. The highest BCUT2D eigenvalue weighted by molar-refractivity contribution is 9.10. The number of aliphatic hydroxyl groups excluding tert-OH is 1. The van der Waals surface area contributed by atoms with E-state index in [0.29, 0.717) is 13.2 Å². The molecule has 108 valence electrons. The molecule has 4 nitrogen and oxygen atoms in total. The number of ether oxygens (including phenoxy) is 1. The predicted molar refractivity (Wildman–Crippen MR) is 78.8 cm³/mol. The van der Waals surface area contributed by atoms with Crippen LogP contribution in [0.5, 0.6) is 5.75 Å². The number of benzene rings is 1. The van der Waals surface area contributed by atoms with Crippen LogP contribution in [-0.4, -0.2) is 42.2 Å². The van der Waals surface area contributed by atoms with Gasteiger partial charge in [-0.2, -0.15) is 0 Å². The van der Waals surface area contributed by atoms with Gasteiger partial charge in [0.05, 0.1) is 0 Å². The minimum atomic E-state index is -0.208. The van der Waals surface area contributed by atoms with E-state index in [4.69, 9.17) is 4.74 Å². The number of rotatable bonds is 2. The molecule has 2 aliphatic rings. The van der Waals surface area contributed by atoms with Crippen LogP contribution >= 0.6 is 15.9 Å². The van der Waals surface area contributed by atoms with Gasteiger partial charge in [-0.1, -0.05) is 15.9 Å². The third-order valence-corrected chi connectivity index (χ3v) is 4.63. The van der Waals surface area contributed by atoms with Crippen molar-refractivity contribution in [2.24, 2.45) is 5.92 Å². The molecule has 0 aliphatic carbocycles. The summed E-state index contributed by atoms with van der Waals surface area (Å²) in [6, 6.07) is 5.80. The molecule has 2 heterocycles. The fourth-order valence-electron chi connectivity index (χ4n) is 3.02. The topological polar surface area (TPSA) is 49.8 Å². The molecule has 1 saturated heterocycles. The molecule has 1 aromatic carbocycles. The Labute approximate surface area is 126 Å². The summed E-state index contributed by atoms with van der Waals surface area (Å²) in [5.41, 5.74) is 0.968. The van der Waals surface area contributed by atoms with Crippen LogP contribution in [-0.2, 0) is 4.79 Å². The maximum absolute atomic E-state index is 12.7. The molecular weight excluding hydrogens is 322 g/mol. The van der Waals surface area contributed by atoms with E-state index in [2.05, 4.69) is 15.9 Å². The Bertz CT molecular complexity index is 520. The Morgan fingerprint density at radius 1 is 1.50 bits per heavy atom. The zero-order valence-electron chi connectivity index (χ0n) is 11.2. The number of fused-ring (bicyclic) bond motifs is 1. The number of aliphatic hydroxyl groups is 1. The fraction of sp³-hybridized carbons (Fsp3) is 0.533. The molecule has 0 saturated carbocycles. The van der Waals surface area contributed by atoms with Crippen LogP contribution in [0.2, 0.25) is 0 Å². The smallest absolute Gasteiger partial charge is 0.233 e. The van der Waals surface area contributed by atoms with Gasteiger partial charge < -0.3 is 14.7 Å². The molecule has 0 radical (unpaired) electrons. The minimum absolute atomic E-state index is 0.125. The second kappa shape index (κ2) is 5.74. The number of halogens is 1. The number of piperidine rings is 1. The van der Waals surface area contributed by atoms with Crippen LogP contribution in [0.25, 0.3) is 0 Å². The highest BCUT2D eigenvalue weighted by atomic mass is 79.9. The quantitative estimate of drug-likeness (QED) is 0.898. The lowest BCUT2D eigenvalue weighted by molar-refractivity contribution is -0.135. The molecule has 0 bridgehead atoms. The summed E-state index contributed by atoms with van der Waals surface area (Å²) in [6.45, 7) is 2.03. The van der Waals surface area contributed by atoms with Gasteiger partial charge in [0, 0.05) is 29.7 Å². The van der Waals surface area contributed by atoms with E-state index in [1.165, 1.54) is 0 Å². The van der Waals surface area contributed by atoms with Crippen LogP contribution in [0, 0.1) is 5.92 Å². The lowest BCUT2D eigenvalue weighted by Crippen LogP contribution is -2.43. The van der Waals surface area contributed by atoms with Gasteiger partial charge in [-0.3, -0.25) is 4.79 Å². The number of hydrogen-bond donors (Lipinski definition) is 1. The van der Waals surface area contributed by atoms with Gasteiger partial charge in [0.2, 0.25) is 5.91 Å². The number of nitrogens with zero attached hydrogens (tertiary/aromatic N) is 1. The van der Waals surface area contributed by atoms with Crippen molar-refractivity contribution in [2.45, 2.75) is 18.8 Å². The molecule has 20 heavy (non-hydrogen) atoms. The third kappa shape index (κ3) is 2.56. The first-order valence-corrected chi connectivity index (χ1v) is 7.80. The molecule has 0 aromatic heterocycles. The van der Waals surface area contributed by atoms with E-state index in [0.717, 1.165) is 35.2 Å². The van der Waals surface area contributed by atoms with Crippen molar-refractivity contribution in [2.75, 3.05) is 26.3 Å². The summed E-state index contributed by atoms with van der Waals surface area (Å²) in [4.78, 5) is 14.6. The highest BCUT2D eigenvalue weighted by Crippen LogP contribution is 2.37. The maximum atomic E-state index is 12.7. The standard InChI is InChI=1S/C15H18BrNO3/c16-11-3-4-14-12(6-11)13(9-20-14)15(19)17-5-1-2-10(7-17)8-18/h3-4,6,10,13,18H,1-2,5,7-9H2. The van der Waals surface area contributed by atoms with Crippen molar-refractivity contribution >= 4 is 21.8 Å². The average molecular weight is 340 g/mol. The molecule has 2 atom stereocenters. The molecule has 2 aliphatic heterocycles. The molecule has 1 fully saturated rings. The van der Waals surface area contributed by atoms with Gasteiger partial charge in [0.25, 0.3) is 0 Å². The minimum Gasteiger partial charge on any atom is -0.492 e. The Morgan fingerprint density at radius 3 is 3.15 bits per heavy atom. The first-order valence-electron chi connectivity index (χ1n) is 7.01. The van der Waals surface area contributed by atoms with E-state index in [-0.39, 0.29) is 24.3 Å². The van der Waals surface area contributed by atoms with Crippen molar-refractivity contribution in [3.05, 3.63) is 28.2 Å². The van der Waals surface area contributed by atoms with Gasteiger partial charge in [0.1, 0.15) is 18.3 Å². The SMILES string of the molecule is O=C(C1COc2ccc(Br)cc21)N1CCCC(CO)C1. The molecule has 1 aromatic rings. The summed E-state index contributed by atoms with van der Waals surface area (Å²) < 4.78 is 6.58. The number of amides is 1. The lowest BCUT2D eigenvalue weighted by Gasteiger charge is -2.33. The van der Waals surface area contributed by atoms with E-state index < -0.39 is 0 Å². The Balaban J connectivity index is 1.78. The average Bonchev–Trinajstić information content (AvgIpc) is 2.89. The van der Waals surface area contributed by atoms with Crippen LogP contribution in [0.4, 0.5) is 0 Å². The van der Waals surface area contributed by atoms with Crippen molar-refractivity contribution in [3.8, 4) is 5.75 Å². The first-order chi connectivity index (χ1) is 9.69. The Kier molecular flexibility index (Phi) is 3.98. The van der Waals surface area contributed by atoms with Crippen molar-refractivity contribution in [3.63, 3.8) is 0 Å². The Morgan fingerprint density at radius 2 is 2.35 bits per heavy atom. The van der Waals surface area contributed by atoms with Crippen LogP contribution < -0.4 is 4.74 Å². The monoisotopic (exact) mass is 339 g/mol.